The van der Waals surface area contributed by atoms with E-state index in [2.05, 4.69) is 28.5 Å². The van der Waals surface area contributed by atoms with Crippen molar-refractivity contribution in [3.8, 4) is 0 Å². The lowest BCUT2D eigenvalue weighted by Crippen LogP contribution is -2.40. The molecule has 6 nitrogen and oxygen atoms in total. The normalized spacial score (nSPS) is 24.6. The number of benzene rings is 1. The molecule has 0 radical (unpaired) electrons. The van der Waals surface area contributed by atoms with Crippen LogP contribution >= 0.6 is 0 Å². The second kappa shape index (κ2) is 8.23. The summed E-state index contributed by atoms with van der Waals surface area (Å²) in [6.45, 7) is 2.29. The smallest absolute Gasteiger partial charge is 0.220 e. The SMILES string of the molecule is O=C(CCc1ccc2c(c1)COCC2)N[C@@H]1CC(Cn2ccnc2)C[C@H]1O. The summed E-state index contributed by atoms with van der Waals surface area (Å²) in [6, 6.07) is 6.28. The average Bonchev–Trinajstić information content (AvgIpc) is 3.30. The van der Waals surface area contributed by atoms with E-state index in [1.165, 1.54) is 16.7 Å². The van der Waals surface area contributed by atoms with Crippen LogP contribution in [0.4, 0.5) is 0 Å². The maximum Gasteiger partial charge on any atom is 0.220 e. The van der Waals surface area contributed by atoms with E-state index in [0.29, 0.717) is 31.8 Å². The van der Waals surface area contributed by atoms with Gasteiger partial charge < -0.3 is 19.7 Å². The Morgan fingerprint density at radius 3 is 3.11 bits per heavy atom. The van der Waals surface area contributed by atoms with Crippen LogP contribution in [0.5, 0.6) is 0 Å². The number of ether oxygens (including phenoxy) is 1. The molecule has 2 N–H and O–H groups in total. The molecule has 1 aromatic carbocycles. The zero-order chi connectivity index (χ0) is 18.6. The molecule has 2 aromatic rings. The summed E-state index contributed by atoms with van der Waals surface area (Å²) in [5.74, 6) is 0.372. The first-order valence-corrected chi connectivity index (χ1v) is 9.79. The molecule has 0 bridgehead atoms. The van der Waals surface area contributed by atoms with Crippen molar-refractivity contribution in [3.05, 3.63) is 53.6 Å². The number of carbonyl (C=O) groups is 1. The summed E-state index contributed by atoms with van der Waals surface area (Å²) >= 11 is 0. The first kappa shape index (κ1) is 18.2. The molecule has 2 heterocycles. The zero-order valence-corrected chi connectivity index (χ0v) is 15.5. The highest BCUT2D eigenvalue weighted by molar-refractivity contribution is 5.76. The van der Waals surface area contributed by atoms with Gasteiger partial charge in [-0.15, -0.1) is 0 Å². The van der Waals surface area contributed by atoms with Gasteiger partial charge in [-0.1, -0.05) is 18.2 Å². The molecule has 4 rings (SSSR count). The second-order valence-corrected chi connectivity index (χ2v) is 7.74. The van der Waals surface area contributed by atoms with Crippen molar-refractivity contribution < 1.29 is 14.6 Å². The predicted octanol–water partition coefficient (Wildman–Crippen LogP) is 1.84. The Morgan fingerprint density at radius 1 is 1.33 bits per heavy atom. The van der Waals surface area contributed by atoms with Crippen LogP contribution in [-0.4, -0.2) is 39.3 Å². The topological polar surface area (TPSA) is 76.4 Å². The van der Waals surface area contributed by atoms with E-state index in [9.17, 15) is 9.90 Å². The number of hydrogen-bond acceptors (Lipinski definition) is 4. The highest BCUT2D eigenvalue weighted by atomic mass is 16.5. The van der Waals surface area contributed by atoms with E-state index in [0.717, 1.165) is 26.0 Å². The fourth-order valence-corrected chi connectivity index (χ4v) is 4.23. The number of nitrogens with one attached hydrogen (secondary N) is 1. The molecule has 2 aliphatic rings. The van der Waals surface area contributed by atoms with Gasteiger partial charge in [0.15, 0.2) is 0 Å². The molecule has 3 atom stereocenters. The van der Waals surface area contributed by atoms with Gasteiger partial charge in [-0.3, -0.25) is 4.79 Å². The standard InChI is InChI=1S/C21H27N3O3/c25-20-11-16(12-24-7-6-22-14-24)10-19(20)23-21(26)4-2-15-1-3-17-5-8-27-13-18(17)9-15/h1,3,6-7,9,14,16,19-20,25H,2,4-5,8,10-13H2,(H,23,26)/t16?,19-,20-/m1/s1. The minimum Gasteiger partial charge on any atom is -0.391 e. The van der Waals surface area contributed by atoms with E-state index >= 15 is 0 Å². The quantitative estimate of drug-likeness (QED) is 0.815. The molecule has 27 heavy (non-hydrogen) atoms. The molecule has 1 amide bonds. The highest BCUT2D eigenvalue weighted by Gasteiger charge is 2.33. The van der Waals surface area contributed by atoms with Gasteiger partial charge in [-0.25, -0.2) is 4.98 Å². The number of rotatable bonds is 6. The van der Waals surface area contributed by atoms with E-state index in [1.807, 2.05) is 10.8 Å². The Kier molecular flexibility index (Phi) is 5.55. The molecule has 6 heteroatoms. The minimum atomic E-state index is -0.469. The first-order chi connectivity index (χ1) is 13.2. The molecular weight excluding hydrogens is 342 g/mol. The summed E-state index contributed by atoms with van der Waals surface area (Å²) in [4.78, 5) is 16.4. The third-order valence-electron chi connectivity index (χ3n) is 5.69. The van der Waals surface area contributed by atoms with Crippen LogP contribution in [0.25, 0.3) is 0 Å². The van der Waals surface area contributed by atoms with Gasteiger partial charge in [0, 0.05) is 25.4 Å². The number of fused-ring (bicyclic) bond motifs is 1. The van der Waals surface area contributed by atoms with Crippen LogP contribution in [0.2, 0.25) is 0 Å². The van der Waals surface area contributed by atoms with E-state index in [4.69, 9.17) is 4.74 Å². The molecule has 1 aliphatic heterocycles. The summed E-state index contributed by atoms with van der Waals surface area (Å²) in [6.07, 6.45) is 8.66. The average molecular weight is 369 g/mol. The fraction of sp³-hybridized carbons (Fsp3) is 0.524. The van der Waals surface area contributed by atoms with Crippen LogP contribution < -0.4 is 5.32 Å². The van der Waals surface area contributed by atoms with Crippen LogP contribution in [0.1, 0.15) is 36.0 Å². The van der Waals surface area contributed by atoms with Crippen molar-refractivity contribution >= 4 is 5.91 Å². The lowest BCUT2D eigenvalue weighted by Gasteiger charge is -2.18. The van der Waals surface area contributed by atoms with Crippen LogP contribution in [0.15, 0.2) is 36.9 Å². The number of imidazole rings is 1. The van der Waals surface area contributed by atoms with E-state index in [1.54, 1.807) is 12.5 Å². The van der Waals surface area contributed by atoms with Crippen molar-refractivity contribution in [2.75, 3.05) is 6.61 Å². The Morgan fingerprint density at radius 2 is 2.26 bits per heavy atom. The Labute approximate surface area is 159 Å². The van der Waals surface area contributed by atoms with Crippen molar-refractivity contribution in [1.29, 1.82) is 0 Å². The van der Waals surface area contributed by atoms with Gasteiger partial charge in [-0.2, -0.15) is 0 Å². The zero-order valence-electron chi connectivity index (χ0n) is 15.5. The summed E-state index contributed by atoms with van der Waals surface area (Å²) < 4.78 is 7.54. The largest absolute Gasteiger partial charge is 0.391 e. The summed E-state index contributed by atoms with van der Waals surface area (Å²) in [7, 11) is 0. The molecule has 1 unspecified atom stereocenters. The number of carbonyl (C=O) groups excluding carboxylic acids is 1. The van der Waals surface area contributed by atoms with Gasteiger partial charge in [0.05, 0.1) is 31.7 Å². The number of hydrogen-bond donors (Lipinski definition) is 2. The number of amides is 1. The third-order valence-corrected chi connectivity index (χ3v) is 5.69. The molecule has 1 saturated carbocycles. The van der Waals surface area contributed by atoms with Gasteiger partial charge in [0.1, 0.15) is 0 Å². The third kappa shape index (κ3) is 4.57. The molecule has 1 fully saturated rings. The molecule has 0 saturated heterocycles. The minimum absolute atomic E-state index is 0.0105. The van der Waals surface area contributed by atoms with Crippen LogP contribution in [-0.2, 0) is 35.5 Å². The van der Waals surface area contributed by atoms with E-state index < -0.39 is 6.10 Å². The monoisotopic (exact) mass is 369 g/mol. The molecule has 1 aliphatic carbocycles. The number of aliphatic hydroxyl groups is 1. The lowest BCUT2D eigenvalue weighted by atomic mass is 9.98. The van der Waals surface area contributed by atoms with Crippen LogP contribution in [0, 0.1) is 5.92 Å². The highest BCUT2D eigenvalue weighted by Crippen LogP contribution is 2.27. The molecule has 1 aromatic heterocycles. The van der Waals surface area contributed by atoms with Crippen molar-refractivity contribution in [2.45, 2.75) is 57.4 Å². The first-order valence-electron chi connectivity index (χ1n) is 9.79. The number of aryl methyl sites for hydroxylation is 1. The van der Waals surface area contributed by atoms with Crippen LogP contribution in [0.3, 0.4) is 0 Å². The van der Waals surface area contributed by atoms with Gasteiger partial charge in [0.2, 0.25) is 5.91 Å². The molecule has 0 spiro atoms. The fourth-order valence-electron chi connectivity index (χ4n) is 4.23. The summed E-state index contributed by atoms with van der Waals surface area (Å²) in [5.41, 5.74) is 3.76. The summed E-state index contributed by atoms with van der Waals surface area (Å²) in [5, 5.41) is 13.3. The Hall–Kier alpha value is -2.18. The van der Waals surface area contributed by atoms with Crippen molar-refractivity contribution in [3.63, 3.8) is 0 Å². The number of nitrogens with zero attached hydrogens (tertiary/aromatic N) is 2. The van der Waals surface area contributed by atoms with Gasteiger partial charge in [-0.05, 0) is 48.3 Å². The maximum absolute atomic E-state index is 12.4. The lowest BCUT2D eigenvalue weighted by molar-refractivity contribution is -0.122. The predicted molar refractivity (Wildman–Crippen MR) is 101 cm³/mol. The van der Waals surface area contributed by atoms with Gasteiger partial charge in [0.25, 0.3) is 0 Å². The Bertz CT molecular complexity index is 775. The van der Waals surface area contributed by atoms with E-state index in [-0.39, 0.29) is 11.9 Å². The Balaban J connectivity index is 1.25. The number of aliphatic hydroxyl groups excluding tert-OH is 1. The van der Waals surface area contributed by atoms with Gasteiger partial charge >= 0.3 is 0 Å². The number of aromatic nitrogens is 2. The van der Waals surface area contributed by atoms with Crippen molar-refractivity contribution in [2.24, 2.45) is 5.92 Å². The molecule has 144 valence electrons. The van der Waals surface area contributed by atoms with Crippen molar-refractivity contribution in [1.82, 2.24) is 14.9 Å². The second-order valence-electron chi connectivity index (χ2n) is 7.74. The maximum atomic E-state index is 12.4. The molecular formula is C21H27N3O3.